The van der Waals surface area contributed by atoms with E-state index in [0.29, 0.717) is 0 Å². The Morgan fingerprint density at radius 3 is 2.72 bits per heavy atom. The fourth-order valence-corrected chi connectivity index (χ4v) is 2.49. The molecule has 100 valence electrons. The van der Waals surface area contributed by atoms with Gasteiger partial charge in [-0.25, -0.2) is 9.97 Å². The maximum Gasteiger partial charge on any atom is 0.159 e. The normalized spacial score (nSPS) is 22.7. The Labute approximate surface area is 109 Å². The first-order valence-electron chi connectivity index (χ1n) is 6.42. The maximum atomic E-state index is 6.20. The third-order valence-corrected chi connectivity index (χ3v) is 3.77. The van der Waals surface area contributed by atoms with Gasteiger partial charge in [0.1, 0.15) is 5.60 Å². The van der Waals surface area contributed by atoms with Gasteiger partial charge in [-0.15, -0.1) is 0 Å². The van der Waals surface area contributed by atoms with Crippen molar-refractivity contribution in [1.82, 2.24) is 9.97 Å². The predicted molar refractivity (Wildman–Crippen MR) is 71.1 cm³/mol. The summed E-state index contributed by atoms with van der Waals surface area (Å²) in [6.07, 6.45) is 3.81. The lowest BCUT2D eigenvalue weighted by Gasteiger charge is -2.35. The van der Waals surface area contributed by atoms with Crippen molar-refractivity contribution in [3.05, 3.63) is 23.3 Å². The van der Waals surface area contributed by atoms with Crippen molar-refractivity contribution in [3.8, 4) is 0 Å². The van der Waals surface area contributed by atoms with Crippen LogP contribution in [-0.4, -0.2) is 17.1 Å². The van der Waals surface area contributed by atoms with Crippen LogP contribution in [-0.2, 0) is 16.8 Å². The van der Waals surface area contributed by atoms with Gasteiger partial charge in [-0.05, 0) is 32.1 Å². The lowest BCUT2D eigenvalue weighted by atomic mass is 9.74. The molecule has 0 amide bonds. The third kappa shape index (κ3) is 2.40. The largest absolute Gasteiger partial charge is 0.371 e. The average Bonchev–Trinajstić information content (AvgIpc) is 2.26. The molecule has 0 fully saturated rings. The first-order chi connectivity index (χ1) is 8.25. The predicted octanol–water partition coefficient (Wildman–Crippen LogP) is 2.33. The third-order valence-electron chi connectivity index (χ3n) is 3.77. The van der Waals surface area contributed by atoms with Gasteiger partial charge >= 0.3 is 0 Å². The Balaban J connectivity index is 2.43. The molecule has 1 aliphatic carbocycles. The number of nitrogens with zero attached hydrogens (tertiary/aromatic N) is 2. The summed E-state index contributed by atoms with van der Waals surface area (Å²) in [5, 5.41) is 0. The van der Waals surface area contributed by atoms with E-state index in [2.05, 4.69) is 23.8 Å². The fourth-order valence-electron chi connectivity index (χ4n) is 2.49. The molecule has 2 N–H and O–H groups in total. The molecule has 1 aromatic rings. The molecule has 1 aromatic heterocycles. The summed E-state index contributed by atoms with van der Waals surface area (Å²) in [5.41, 5.74) is 8.11. The topological polar surface area (TPSA) is 61.0 Å². The van der Waals surface area contributed by atoms with Gasteiger partial charge in [0.25, 0.3) is 0 Å². The van der Waals surface area contributed by atoms with Crippen molar-refractivity contribution in [2.24, 2.45) is 11.1 Å². The summed E-state index contributed by atoms with van der Waals surface area (Å²) < 4.78 is 5.44. The van der Waals surface area contributed by atoms with Crippen LogP contribution in [0.5, 0.6) is 0 Å². The molecule has 0 saturated carbocycles. The maximum absolute atomic E-state index is 6.20. The van der Waals surface area contributed by atoms with E-state index in [1.807, 2.05) is 20.0 Å². The van der Waals surface area contributed by atoms with Crippen molar-refractivity contribution < 1.29 is 4.74 Å². The van der Waals surface area contributed by atoms with Crippen LogP contribution in [0.3, 0.4) is 0 Å². The smallest absolute Gasteiger partial charge is 0.159 e. The van der Waals surface area contributed by atoms with Crippen molar-refractivity contribution in [2.45, 2.75) is 52.2 Å². The van der Waals surface area contributed by atoms with Gasteiger partial charge in [0.15, 0.2) is 5.82 Å². The van der Waals surface area contributed by atoms with Crippen LogP contribution >= 0.6 is 0 Å². The van der Waals surface area contributed by atoms with Crippen LogP contribution in [0.4, 0.5) is 0 Å². The summed E-state index contributed by atoms with van der Waals surface area (Å²) in [4.78, 5) is 9.10. The Morgan fingerprint density at radius 2 is 2.11 bits per heavy atom. The van der Waals surface area contributed by atoms with E-state index in [1.165, 1.54) is 0 Å². The average molecular weight is 249 g/mol. The second-order valence-corrected chi connectivity index (χ2v) is 6.46. The van der Waals surface area contributed by atoms with Crippen molar-refractivity contribution in [1.29, 1.82) is 0 Å². The summed E-state index contributed by atoms with van der Waals surface area (Å²) in [7, 11) is 1.68. The SMILES string of the molecule is COC(C)(C)c1ncc2c(n1)CC(C)(C)CC2N. The van der Waals surface area contributed by atoms with Gasteiger partial charge in [-0.2, -0.15) is 0 Å². The fraction of sp³-hybridized carbons (Fsp3) is 0.714. The second kappa shape index (κ2) is 4.28. The van der Waals surface area contributed by atoms with E-state index in [4.69, 9.17) is 10.5 Å². The molecule has 1 heterocycles. The van der Waals surface area contributed by atoms with E-state index >= 15 is 0 Å². The highest BCUT2D eigenvalue weighted by atomic mass is 16.5. The van der Waals surface area contributed by atoms with Crippen LogP contribution < -0.4 is 5.73 Å². The minimum atomic E-state index is -0.458. The van der Waals surface area contributed by atoms with Crippen molar-refractivity contribution in [3.63, 3.8) is 0 Å². The molecule has 1 aliphatic rings. The van der Waals surface area contributed by atoms with Gasteiger partial charge in [-0.3, -0.25) is 0 Å². The van der Waals surface area contributed by atoms with E-state index in [1.54, 1.807) is 7.11 Å². The lowest BCUT2D eigenvalue weighted by molar-refractivity contribution is 0.0110. The Hall–Kier alpha value is -1.00. The van der Waals surface area contributed by atoms with Gasteiger partial charge in [0, 0.05) is 30.6 Å². The van der Waals surface area contributed by atoms with E-state index in [9.17, 15) is 0 Å². The summed E-state index contributed by atoms with van der Waals surface area (Å²) in [6.45, 7) is 8.42. The molecule has 1 atom stereocenters. The number of methoxy groups -OCH3 is 1. The van der Waals surface area contributed by atoms with Crippen molar-refractivity contribution in [2.75, 3.05) is 7.11 Å². The quantitative estimate of drug-likeness (QED) is 0.874. The number of fused-ring (bicyclic) bond motifs is 1. The van der Waals surface area contributed by atoms with Crippen LogP contribution in [0.25, 0.3) is 0 Å². The Bertz CT molecular complexity index is 454. The van der Waals surface area contributed by atoms with E-state index in [0.717, 1.165) is 29.9 Å². The highest BCUT2D eigenvalue weighted by Gasteiger charge is 2.33. The molecule has 0 spiro atoms. The molecule has 4 nitrogen and oxygen atoms in total. The highest BCUT2D eigenvalue weighted by Crippen LogP contribution is 2.38. The molecule has 18 heavy (non-hydrogen) atoms. The number of rotatable bonds is 2. The number of hydrogen-bond acceptors (Lipinski definition) is 4. The number of aromatic nitrogens is 2. The summed E-state index contributed by atoms with van der Waals surface area (Å²) in [5.74, 6) is 0.730. The number of ether oxygens (including phenoxy) is 1. The zero-order valence-corrected chi connectivity index (χ0v) is 11.9. The summed E-state index contributed by atoms with van der Waals surface area (Å²) >= 11 is 0. The van der Waals surface area contributed by atoms with Crippen LogP contribution in [0.15, 0.2) is 6.20 Å². The second-order valence-electron chi connectivity index (χ2n) is 6.46. The minimum Gasteiger partial charge on any atom is -0.371 e. The minimum absolute atomic E-state index is 0.0449. The van der Waals surface area contributed by atoms with Crippen LogP contribution in [0, 0.1) is 5.41 Å². The molecule has 0 aliphatic heterocycles. The zero-order valence-electron chi connectivity index (χ0n) is 11.9. The standard InChI is InChI=1S/C14H23N3O/c1-13(2)6-10(15)9-8-16-12(14(3,4)18-5)17-11(9)7-13/h8,10H,6-7,15H2,1-5H3. The monoisotopic (exact) mass is 249 g/mol. The molecule has 0 radical (unpaired) electrons. The number of nitrogens with two attached hydrogens (primary N) is 1. The molecular formula is C14H23N3O. The first kappa shape index (κ1) is 13.4. The molecule has 0 bridgehead atoms. The van der Waals surface area contributed by atoms with Gasteiger partial charge in [0.2, 0.25) is 0 Å². The molecule has 0 saturated heterocycles. The summed E-state index contributed by atoms with van der Waals surface area (Å²) in [6, 6.07) is 0.0449. The first-order valence-corrected chi connectivity index (χ1v) is 6.42. The highest BCUT2D eigenvalue weighted by molar-refractivity contribution is 5.27. The van der Waals surface area contributed by atoms with E-state index < -0.39 is 5.60 Å². The zero-order chi connectivity index (χ0) is 13.6. The Morgan fingerprint density at radius 1 is 1.44 bits per heavy atom. The van der Waals surface area contributed by atoms with Gasteiger partial charge < -0.3 is 10.5 Å². The molecule has 4 heteroatoms. The van der Waals surface area contributed by atoms with Crippen molar-refractivity contribution >= 4 is 0 Å². The van der Waals surface area contributed by atoms with Gasteiger partial charge in [-0.1, -0.05) is 13.8 Å². The van der Waals surface area contributed by atoms with Crippen LogP contribution in [0.2, 0.25) is 0 Å². The molecule has 0 aromatic carbocycles. The Kier molecular flexibility index (Phi) is 3.19. The van der Waals surface area contributed by atoms with Crippen LogP contribution in [0.1, 0.15) is 57.2 Å². The van der Waals surface area contributed by atoms with E-state index in [-0.39, 0.29) is 11.5 Å². The molecular weight excluding hydrogens is 226 g/mol. The van der Waals surface area contributed by atoms with Gasteiger partial charge in [0.05, 0.1) is 0 Å². The lowest BCUT2D eigenvalue weighted by Crippen LogP contribution is -2.32. The number of hydrogen-bond donors (Lipinski definition) is 1. The molecule has 2 rings (SSSR count). The molecule has 1 unspecified atom stereocenters.